The predicted molar refractivity (Wildman–Crippen MR) is 66.0 cm³/mol. The molecule has 2 rings (SSSR count). The van der Waals surface area contributed by atoms with E-state index >= 15 is 0 Å². The van der Waals surface area contributed by atoms with E-state index in [1.807, 2.05) is 17.8 Å². The zero-order valence-corrected chi connectivity index (χ0v) is 10.2. The highest BCUT2D eigenvalue weighted by molar-refractivity contribution is 5.92. The number of nitrogens with zero attached hydrogens (tertiary/aromatic N) is 4. The van der Waals surface area contributed by atoms with Crippen LogP contribution in [0.2, 0.25) is 0 Å². The maximum Gasteiger partial charge on any atom is 0.271 e. The monoisotopic (exact) mass is 246 g/mol. The lowest BCUT2D eigenvalue weighted by Gasteiger charge is -2.05. The Morgan fingerprint density at radius 1 is 1.44 bits per heavy atom. The number of rotatable bonds is 4. The largest absolute Gasteiger partial charge is 0.372 e. The van der Waals surface area contributed by atoms with Crippen LogP contribution in [0.3, 0.4) is 0 Å². The molecule has 2 N–H and O–H groups in total. The number of aromatic nitrogens is 4. The maximum absolute atomic E-state index is 11.8. The SMILES string of the molecule is CNc1cncc(C(=O)NCc2nccn2C)n1. The summed E-state index contributed by atoms with van der Waals surface area (Å²) in [7, 11) is 3.59. The molecule has 18 heavy (non-hydrogen) atoms. The molecule has 7 heteroatoms. The van der Waals surface area contributed by atoms with E-state index in [9.17, 15) is 4.79 Å². The van der Waals surface area contributed by atoms with Crippen LogP contribution in [0.4, 0.5) is 5.82 Å². The number of imidazole rings is 1. The fraction of sp³-hybridized carbons (Fsp3) is 0.273. The Bertz CT molecular complexity index is 550. The van der Waals surface area contributed by atoms with Crippen LogP contribution < -0.4 is 10.6 Å². The Balaban J connectivity index is 2.01. The Kier molecular flexibility index (Phi) is 3.52. The van der Waals surface area contributed by atoms with Crippen LogP contribution in [0.15, 0.2) is 24.8 Å². The van der Waals surface area contributed by atoms with E-state index in [0.29, 0.717) is 12.4 Å². The fourth-order valence-corrected chi connectivity index (χ4v) is 1.41. The third kappa shape index (κ3) is 2.62. The lowest BCUT2D eigenvalue weighted by molar-refractivity contribution is 0.0944. The van der Waals surface area contributed by atoms with Crippen molar-refractivity contribution in [2.45, 2.75) is 6.54 Å². The number of hydrogen-bond acceptors (Lipinski definition) is 5. The molecule has 0 fully saturated rings. The van der Waals surface area contributed by atoms with Gasteiger partial charge in [0, 0.05) is 26.5 Å². The number of amides is 1. The number of nitrogens with one attached hydrogen (secondary N) is 2. The average Bonchev–Trinajstić information content (AvgIpc) is 2.81. The van der Waals surface area contributed by atoms with Crippen LogP contribution in [0.5, 0.6) is 0 Å². The van der Waals surface area contributed by atoms with E-state index in [1.165, 1.54) is 6.20 Å². The summed E-state index contributed by atoms with van der Waals surface area (Å²) in [6.45, 7) is 0.355. The van der Waals surface area contributed by atoms with Crippen molar-refractivity contribution in [2.75, 3.05) is 12.4 Å². The fourth-order valence-electron chi connectivity index (χ4n) is 1.41. The summed E-state index contributed by atoms with van der Waals surface area (Å²) in [5, 5.41) is 5.57. The lowest BCUT2D eigenvalue weighted by atomic mass is 10.4. The van der Waals surface area contributed by atoms with Gasteiger partial charge in [-0.3, -0.25) is 9.78 Å². The van der Waals surface area contributed by atoms with Crippen LogP contribution in [-0.2, 0) is 13.6 Å². The van der Waals surface area contributed by atoms with Crippen molar-refractivity contribution in [2.24, 2.45) is 7.05 Å². The van der Waals surface area contributed by atoms with Gasteiger partial charge in [-0.05, 0) is 0 Å². The predicted octanol–water partition coefficient (Wildman–Crippen LogP) is 0.182. The molecule has 0 saturated carbocycles. The number of carbonyl (C=O) groups is 1. The second-order valence-electron chi connectivity index (χ2n) is 3.68. The summed E-state index contributed by atoms with van der Waals surface area (Å²) >= 11 is 0. The van der Waals surface area contributed by atoms with E-state index in [1.54, 1.807) is 19.4 Å². The first-order valence-electron chi connectivity index (χ1n) is 5.45. The van der Waals surface area contributed by atoms with Crippen molar-refractivity contribution >= 4 is 11.7 Å². The molecule has 0 aromatic carbocycles. The zero-order valence-electron chi connectivity index (χ0n) is 10.2. The molecule has 0 aliphatic carbocycles. The summed E-state index contributed by atoms with van der Waals surface area (Å²) in [5.41, 5.74) is 0.274. The van der Waals surface area contributed by atoms with Crippen molar-refractivity contribution in [1.29, 1.82) is 0 Å². The molecule has 1 amide bonds. The van der Waals surface area contributed by atoms with Crippen molar-refractivity contribution in [1.82, 2.24) is 24.8 Å². The molecule has 0 aliphatic rings. The van der Waals surface area contributed by atoms with Gasteiger partial charge in [0.1, 0.15) is 17.3 Å². The van der Waals surface area contributed by atoms with Crippen LogP contribution >= 0.6 is 0 Å². The molecule has 0 bridgehead atoms. The number of aryl methyl sites for hydroxylation is 1. The van der Waals surface area contributed by atoms with Crippen LogP contribution in [0.1, 0.15) is 16.3 Å². The van der Waals surface area contributed by atoms with Crippen LogP contribution in [0.25, 0.3) is 0 Å². The molecule has 2 heterocycles. The van der Waals surface area contributed by atoms with Gasteiger partial charge in [0.05, 0.1) is 18.9 Å². The van der Waals surface area contributed by atoms with Crippen LogP contribution in [-0.4, -0.2) is 32.5 Å². The molecule has 0 aliphatic heterocycles. The zero-order chi connectivity index (χ0) is 13.0. The van der Waals surface area contributed by atoms with E-state index in [2.05, 4.69) is 25.6 Å². The molecule has 0 atom stereocenters. The first-order chi connectivity index (χ1) is 8.70. The molecule has 94 valence electrons. The van der Waals surface area contributed by atoms with Crippen molar-refractivity contribution in [3.05, 3.63) is 36.3 Å². The summed E-state index contributed by atoms with van der Waals surface area (Å²) < 4.78 is 1.84. The van der Waals surface area contributed by atoms with Gasteiger partial charge < -0.3 is 15.2 Å². The first kappa shape index (κ1) is 12.0. The molecule has 2 aromatic heterocycles. The minimum Gasteiger partial charge on any atom is -0.372 e. The minimum absolute atomic E-state index is 0.274. The normalized spacial score (nSPS) is 10.1. The second kappa shape index (κ2) is 5.26. The molecule has 7 nitrogen and oxygen atoms in total. The third-order valence-electron chi connectivity index (χ3n) is 2.45. The lowest BCUT2D eigenvalue weighted by Crippen LogP contribution is -2.25. The summed E-state index contributed by atoms with van der Waals surface area (Å²) in [5.74, 6) is 1.06. The summed E-state index contributed by atoms with van der Waals surface area (Å²) in [6.07, 6.45) is 6.48. The van der Waals surface area contributed by atoms with E-state index in [-0.39, 0.29) is 11.6 Å². The quantitative estimate of drug-likeness (QED) is 0.804. The molecule has 0 spiro atoms. The number of anilines is 1. The maximum atomic E-state index is 11.8. The summed E-state index contributed by atoms with van der Waals surface area (Å²) in [6, 6.07) is 0. The Hall–Kier alpha value is -2.44. The Labute approximate surface area is 104 Å². The van der Waals surface area contributed by atoms with Crippen LogP contribution in [0, 0.1) is 0 Å². The van der Waals surface area contributed by atoms with Gasteiger partial charge in [-0.25, -0.2) is 9.97 Å². The highest BCUT2D eigenvalue weighted by Gasteiger charge is 2.09. The first-order valence-corrected chi connectivity index (χ1v) is 5.45. The van der Waals surface area contributed by atoms with Crippen molar-refractivity contribution in [3.63, 3.8) is 0 Å². The Morgan fingerprint density at radius 3 is 2.94 bits per heavy atom. The van der Waals surface area contributed by atoms with E-state index in [0.717, 1.165) is 5.82 Å². The van der Waals surface area contributed by atoms with Gasteiger partial charge in [-0.2, -0.15) is 0 Å². The standard InChI is InChI=1S/C11H14N6O/c1-12-9-6-13-5-8(16-9)11(18)15-7-10-14-3-4-17(10)2/h3-6H,7H2,1-2H3,(H,12,16)(H,15,18). The number of hydrogen-bond donors (Lipinski definition) is 2. The highest BCUT2D eigenvalue weighted by atomic mass is 16.1. The van der Waals surface area contributed by atoms with Gasteiger partial charge >= 0.3 is 0 Å². The molecule has 0 unspecified atom stereocenters. The molecule has 0 radical (unpaired) electrons. The third-order valence-corrected chi connectivity index (χ3v) is 2.45. The second-order valence-corrected chi connectivity index (χ2v) is 3.68. The van der Waals surface area contributed by atoms with Gasteiger partial charge in [-0.15, -0.1) is 0 Å². The van der Waals surface area contributed by atoms with E-state index < -0.39 is 0 Å². The van der Waals surface area contributed by atoms with E-state index in [4.69, 9.17) is 0 Å². The highest BCUT2D eigenvalue weighted by Crippen LogP contribution is 2.01. The molecule has 2 aromatic rings. The molecular formula is C11H14N6O. The van der Waals surface area contributed by atoms with Gasteiger partial charge in [0.2, 0.25) is 0 Å². The van der Waals surface area contributed by atoms with Crippen molar-refractivity contribution < 1.29 is 4.79 Å². The minimum atomic E-state index is -0.275. The molecule has 0 saturated heterocycles. The van der Waals surface area contributed by atoms with Gasteiger partial charge in [0.25, 0.3) is 5.91 Å². The van der Waals surface area contributed by atoms with Gasteiger partial charge in [0.15, 0.2) is 0 Å². The van der Waals surface area contributed by atoms with Crippen molar-refractivity contribution in [3.8, 4) is 0 Å². The Morgan fingerprint density at radius 2 is 2.28 bits per heavy atom. The average molecular weight is 246 g/mol. The molecular weight excluding hydrogens is 232 g/mol. The van der Waals surface area contributed by atoms with Gasteiger partial charge in [-0.1, -0.05) is 0 Å². The summed E-state index contributed by atoms with van der Waals surface area (Å²) in [4.78, 5) is 24.0. The smallest absolute Gasteiger partial charge is 0.271 e. The topological polar surface area (TPSA) is 84.7 Å². The number of carbonyl (C=O) groups excluding carboxylic acids is 1.